The van der Waals surface area contributed by atoms with Gasteiger partial charge in [-0.3, -0.25) is 4.79 Å². The molecule has 0 bridgehead atoms. The van der Waals surface area contributed by atoms with Gasteiger partial charge in [0.25, 0.3) is 0 Å². The van der Waals surface area contributed by atoms with Crippen LogP contribution in [0.4, 0.5) is 0 Å². The highest BCUT2D eigenvalue weighted by molar-refractivity contribution is 5.96. The lowest BCUT2D eigenvalue weighted by molar-refractivity contribution is -0.139. The highest BCUT2D eigenvalue weighted by atomic mass is 16.5. The molecule has 0 aliphatic heterocycles. The third-order valence-electron chi connectivity index (χ3n) is 3.57. The number of carbonyl (C=O) groups is 3. The summed E-state index contributed by atoms with van der Waals surface area (Å²) < 4.78 is 14.6. The first-order valence-corrected chi connectivity index (χ1v) is 7.23. The van der Waals surface area contributed by atoms with Crippen LogP contribution in [0.5, 0.6) is 5.75 Å². The van der Waals surface area contributed by atoms with Crippen molar-refractivity contribution in [3.63, 3.8) is 0 Å². The van der Waals surface area contributed by atoms with Crippen LogP contribution < -0.4 is 4.74 Å². The first kappa shape index (κ1) is 16.7. The molecule has 0 saturated carbocycles. The van der Waals surface area contributed by atoms with Crippen molar-refractivity contribution in [1.82, 2.24) is 0 Å². The average molecular weight is 318 g/mol. The van der Waals surface area contributed by atoms with Crippen LogP contribution in [0.25, 0.3) is 0 Å². The van der Waals surface area contributed by atoms with Gasteiger partial charge in [-0.2, -0.15) is 0 Å². The molecule has 0 saturated heterocycles. The number of carbonyl (C=O) groups excluding carboxylic acids is 3. The largest absolute Gasteiger partial charge is 0.465 e. The molecule has 0 spiro atoms. The van der Waals surface area contributed by atoms with E-state index in [0.717, 1.165) is 12.8 Å². The monoisotopic (exact) mass is 318 g/mol. The average Bonchev–Trinajstić information content (AvgIpc) is 2.60. The Labute approximate surface area is 134 Å². The minimum absolute atomic E-state index is 0.113. The molecule has 0 fully saturated rings. The Kier molecular flexibility index (Phi) is 5.51. The van der Waals surface area contributed by atoms with Gasteiger partial charge in [-0.05, 0) is 37.5 Å². The van der Waals surface area contributed by atoms with Crippen molar-refractivity contribution in [3.8, 4) is 5.75 Å². The van der Waals surface area contributed by atoms with E-state index < -0.39 is 11.9 Å². The fraction of sp³-hybridized carbons (Fsp3) is 0.353. The second kappa shape index (κ2) is 7.58. The van der Waals surface area contributed by atoms with Gasteiger partial charge in [-0.15, -0.1) is 0 Å². The molecule has 0 N–H and O–H groups in total. The minimum atomic E-state index is -0.631. The number of hydrogen-bond donors (Lipinski definition) is 0. The van der Waals surface area contributed by atoms with Gasteiger partial charge in [0.15, 0.2) is 0 Å². The van der Waals surface area contributed by atoms with Gasteiger partial charge in [-0.1, -0.05) is 12.2 Å². The van der Waals surface area contributed by atoms with Crippen molar-refractivity contribution in [1.29, 1.82) is 0 Å². The van der Waals surface area contributed by atoms with Crippen molar-refractivity contribution < 1.29 is 28.6 Å². The number of ether oxygens (including phenoxy) is 3. The van der Waals surface area contributed by atoms with Gasteiger partial charge < -0.3 is 14.2 Å². The lowest BCUT2D eigenvalue weighted by Gasteiger charge is -2.16. The third-order valence-corrected chi connectivity index (χ3v) is 3.57. The molecule has 6 nitrogen and oxygen atoms in total. The summed E-state index contributed by atoms with van der Waals surface area (Å²) in [5.74, 6) is -1.74. The summed E-state index contributed by atoms with van der Waals surface area (Å²) in [5, 5.41) is 0. The summed E-state index contributed by atoms with van der Waals surface area (Å²) in [6.07, 6.45) is 6.14. The zero-order chi connectivity index (χ0) is 16.8. The number of esters is 3. The molecular formula is C17H18O6. The Morgan fingerprint density at radius 3 is 2.04 bits per heavy atom. The number of hydrogen-bond acceptors (Lipinski definition) is 6. The Bertz CT molecular complexity index is 612. The first-order chi connectivity index (χ1) is 11.0. The van der Waals surface area contributed by atoms with E-state index in [1.165, 1.54) is 32.4 Å². The standard InChI is InChI=1S/C17H18O6/c1-21-15(18)12-8-13(16(19)22-2)10-14(9-12)23-17(20)11-6-4-3-5-7-11/h3-4,8-11H,5-7H2,1-2H3/t11-/m0/s1. The molecule has 1 aromatic rings. The van der Waals surface area contributed by atoms with E-state index in [9.17, 15) is 14.4 Å². The van der Waals surface area contributed by atoms with Crippen LogP contribution in [0.1, 0.15) is 40.0 Å². The van der Waals surface area contributed by atoms with Crippen LogP contribution in [-0.2, 0) is 14.3 Å². The van der Waals surface area contributed by atoms with Crippen LogP contribution in [0.3, 0.4) is 0 Å². The second-order valence-corrected chi connectivity index (χ2v) is 5.13. The fourth-order valence-electron chi connectivity index (χ4n) is 2.34. The maximum Gasteiger partial charge on any atom is 0.338 e. The molecule has 1 aromatic carbocycles. The summed E-state index contributed by atoms with van der Waals surface area (Å²) in [6.45, 7) is 0. The van der Waals surface area contributed by atoms with Crippen molar-refractivity contribution in [2.24, 2.45) is 5.92 Å². The zero-order valence-electron chi connectivity index (χ0n) is 13.0. The molecule has 1 aliphatic rings. The van der Waals surface area contributed by atoms with Gasteiger partial charge >= 0.3 is 17.9 Å². The molecule has 122 valence electrons. The normalized spacial score (nSPS) is 16.5. The number of benzene rings is 1. The molecule has 0 unspecified atom stereocenters. The smallest absolute Gasteiger partial charge is 0.338 e. The molecule has 2 rings (SSSR count). The third kappa shape index (κ3) is 4.18. The van der Waals surface area contributed by atoms with Crippen molar-refractivity contribution >= 4 is 17.9 Å². The van der Waals surface area contributed by atoms with E-state index in [1.807, 2.05) is 12.2 Å². The van der Waals surface area contributed by atoms with E-state index in [-0.39, 0.29) is 28.8 Å². The van der Waals surface area contributed by atoms with Crippen molar-refractivity contribution in [2.45, 2.75) is 19.3 Å². The van der Waals surface area contributed by atoms with E-state index in [4.69, 9.17) is 4.74 Å². The van der Waals surface area contributed by atoms with Gasteiger partial charge in [0.2, 0.25) is 0 Å². The number of methoxy groups -OCH3 is 2. The summed E-state index contributed by atoms with van der Waals surface area (Å²) in [5.41, 5.74) is 0.225. The predicted octanol–water partition coefficient (Wildman–Crippen LogP) is 2.52. The molecule has 0 amide bonds. The molecule has 1 atom stereocenters. The van der Waals surface area contributed by atoms with Crippen LogP contribution >= 0.6 is 0 Å². The van der Waals surface area contributed by atoms with E-state index in [0.29, 0.717) is 6.42 Å². The van der Waals surface area contributed by atoms with E-state index in [1.54, 1.807) is 0 Å². The lowest BCUT2D eigenvalue weighted by atomic mass is 9.95. The van der Waals surface area contributed by atoms with Gasteiger partial charge in [0, 0.05) is 0 Å². The van der Waals surface area contributed by atoms with Gasteiger partial charge in [0.05, 0.1) is 31.3 Å². The maximum absolute atomic E-state index is 12.2. The van der Waals surface area contributed by atoms with Crippen molar-refractivity contribution in [2.75, 3.05) is 14.2 Å². The lowest BCUT2D eigenvalue weighted by Crippen LogP contribution is -2.21. The Balaban J connectivity index is 2.25. The Morgan fingerprint density at radius 1 is 0.957 bits per heavy atom. The molecule has 0 radical (unpaired) electrons. The highest BCUT2D eigenvalue weighted by Crippen LogP contribution is 2.24. The molecule has 0 aromatic heterocycles. The Morgan fingerprint density at radius 2 is 1.57 bits per heavy atom. The minimum Gasteiger partial charge on any atom is -0.465 e. The van der Waals surface area contributed by atoms with Crippen LogP contribution in [0, 0.1) is 5.92 Å². The topological polar surface area (TPSA) is 78.9 Å². The van der Waals surface area contributed by atoms with Gasteiger partial charge in [0.1, 0.15) is 5.75 Å². The summed E-state index contributed by atoms with van der Waals surface area (Å²) in [6, 6.07) is 4.07. The number of allylic oxidation sites excluding steroid dienone is 2. The van der Waals surface area contributed by atoms with Crippen molar-refractivity contribution in [3.05, 3.63) is 41.5 Å². The quantitative estimate of drug-likeness (QED) is 0.482. The fourth-order valence-corrected chi connectivity index (χ4v) is 2.34. The molecule has 6 heteroatoms. The van der Waals surface area contributed by atoms with Crippen LogP contribution in [-0.4, -0.2) is 32.1 Å². The number of rotatable bonds is 4. The molecule has 0 heterocycles. The summed E-state index contributed by atoms with van der Waals surface area (Å²) in [4.78, 5) is 35.6. The van der Waals surface area contributed by atoms with Crippen LogP contribution in [0.2, 0.25) is 0 Å². The highest BCUT2D eigenvalue weighted by Gasteiger charge is 2.22. The molecular weight excluding hydrogens is 300 g/mol. The SMILES string of the molecule is COC(=O)c1cc(OC(=O)[C@H]2CC=CCC2)cc(C(=O)OC)c1. The Hall–Kier alpha value is -2.63. The van der Waals surface area contributed by atoms with E-state index >= 15 is 0 Å². The zero-order valence-corrected chi connectivity index (χ0v) is 13.0. The molecule has 1 aliphatic carbocycles. The van der Waals surface area contributed by atoms with E-state index in [2.05, 4.69) is 9.47 Å². The predicted molar refractivity (Wildman–Crippen MR) is 81.2 cm³/mol. The van der Waals surface area contributed by atoms with Crippen LogP contribution in [0.15, 0.2) is 30.4 Å². The summed E-state index contributed by atoms with van der Waals surface area (Å²) in [7, 11) is 2.46. The van der Waals surface area contributed by atoms with Gasteiger partial charge in [-0.25, -0.2) is 9.59 Å². The first-order valence-electron chi connectivity index (χ1n) is 7.23. The molecule has 23 heavy (non-hydrogen) atoms. The maximum atomic E-state index is 12.2. The second-order valence-electron chi connectivity index (χ2n) is 5.13. The summed E-state index contributed by atoms with van der Waals surface area (Å²) >= 11 is 0.